The van der Waals surface area contributed by atoms with Gasteiger partial charge in [-0.25, -0.2) is 0 Å². The summed E-state index contributed by atoms with van der Waals surface area (Å²) in [4.78, 5) is 12.2. The zero-order valence-electron chi connectivity index (χ0n) is 12.8. The third-order valence-electron chi connectivity index (χ3n) is 3.54. The molecule has 0 radical (unpaired) electrons. The molecule has 0 fully saturated rings. The van der Waals surface area contributed by atoms with Gasteiger partial charge in [-0.1, -0.05) is 50.2 Å². The first-order chi connectivity index (χ1) is 10.1. The Morgan fingerprint density at radius 1 is 1.05 bits per heavy atom. The van der Waals surface area contributed by atoms with E-state index in [1.807, 2.05) is 31.3 Å². The Labute approximate surface area is 126 Å². The van der Waals surface area contributed by atoms with Crippen molar-refractivity contribution in [1.82, 2.24) is 5.32 Å². The van der Waals surface area contributed by atoms with Crippen LogP contribution in [0.2, 0.25) is 0 Å². The number of carbonyl (C=O) groups excluding carboxylic acids is 1. The molecular weight excluding hydrogens is 260 g/mol. The lowest BCUT2D eigenvalue weighted by Crippen LogP contribution is -2.23. The molecule has 0 bridgehead atoms. The lowest BCUT2D eigenvalue weighted by molar-refractivity contribution is 0.0951. The minimum absolute atomic E-state index is 0.0621. The molecule has 0 aromatic heterocycles. The van der Waals surface area contributed by atoms with Gasteiger partial charge in [-0.05, 0) is 29.2 Å². The maximum atomic E-state index is 12.2. The predicted octanol–water partition coefficient (Wildman–Crippen LogP) is 3.78. The molecule has 0 aliphatic heterocycles. The van der Waals surface area contributed by atoms with Crippen LogP contribution in [0.5, 0.6) is 0 Å². The van der Waals surface area contributed by atoms with E-state index in [0.717, 1.165) is 11.3 Å². The summed E-state index contributed by atoms with van der Waals surface area (Å²) < 4.78 is 0. The first kappa shape index (κ1) is 15.1. The van der Waals surface area contributed by atoms with Crippen LogP contribution in [0.4, 0.5) is 5.69 Å². The van der Waals surface area contributed by atoms with E-state index in [-0.39, 0.29) is 5.91 Å². The second-order valence-electron chi connectivity index (χ2n) is 5.37. The van der Waals surface area contributed by atoms with Gasteiger partial charge in [0.1, 0.15) is 0 Å². The van der Waals surface area contributed by atoms with E-state index in [0.29, 0.717) is 18.0 Å². The van der Waals surface area contributed by atoms with E-state index in [9.17, 15) is 4.79 Å². The molecule has 0 aliphatic rings. The number of carbonyl (C=O) groups is 1. The highest BCUT2D eigenvalue weighted by Crippen LogP contribution is 2.16. The number of amides is 1. The molecule has 0 aliphatic carbocycles. The van der Waals surface area contributed by atoms with Crippen LogP contribution in [0.1, 0.15) is 41.3 Å². The third-order valence-corrected chi connectivity index (χ3v) is 3.54. The normalized spacial score (nSPS) is 10.5. The highest BCUT2D eigenvalue weighted by atomic mass is 16.1. The van der Waals surface area contributed by atoms with Crippen molar-refractivity contribution in [3.05, 3.63) is 65.2 Å². The minimum Gasteiger partial charge on any atom is -0.387 e. The Balaban J connectivity index is 2.00. The molecular formula is C18H22N2O. The maximum Gasteiger partial charge on any atom is 0.253 e. The van der Waals surface area contributed by atoms with Crippen LogP contribution in [0.15, 0.2) is 48.5 Å². The van der Waals surface area contributed by atoms with Crippen LogP contribution in [0.25, 0.3) is 0 Å². The lowest BCUT2D eigenvalue weighted by atomic mass is 10.0. The van der Waals surface area contributed by atoms with Gasteiger partial charge in [0.25, 0.3) is 5.91 Å². The van der Waals surface area contributed by atoms with Crippen molar-refractivity contribution in [3.63, 3.8) is 0 Å². The van der Waals surface area contributed by atoms with E-state index >= 15 is 0 Å². The largest absolute Gasteiger partial charge is 0.387 e. The molecule has 2 aromatic rings. The Morgan fingerprint density at radius 2 is 1.71 bits per heavy atom. The fraction of sp³-hybridized carbons (Fsp3) is 0.278. The molecule has 21 heavy (non-hydrogen) atoms. The van der Waals surface area contributed by atoms with Crippen molar-refractivity contribution in [2.24, 2.45) is 0 Å². The fourth-order valence-electron chi connectivity index (χ4n) is 2.20. The highest BCUT2D eigenvalue weighted by molar-refractivity contribution is 5.99. The first-order valence-corrected chi connectivity index (χ1v) is 7.25. The van der Waals surface area contributed by atoms with E-state index in [1.165, 1.54) is 5.56 Å². The molecule has 0 heterocycles. The molecule has 2 aromatic carbocycles. The van der Waals surface area contributed by atoms with Gasteiger partial charge in [0.15, 0.2) is 0 Å². The summed E-state index contributed by atoms with van der Waals surface area (Å²) in [6.07, 6.45) is 0. The lowest BCUT2D eigenvalue weighted by Gasteiger charge is -2.10. The standard InChI is InChI=1S/C18H22N2O/c1-13(2)15-10-8-14(9-11-15)12-20-18(21)16-6-4-5-7-17(16)19-3/h4-11,13,19H,12H2,1-3H3,(H,20,21). The fourth-order valence-corrected chi connectivity index (χ4v) is 2.20. The van der Waals surface area contributed by atoms with E-state index in [2.05, 4.69) is 48.7 Å². The van der Waals surface area contributed by atoms with Gasteiger partial charge in [-0.2, -0.15) is 0 Å². The number of hydrogen-bond acceptors (Lipinski definition) is 2. The molecule has 0 saturated heterocycles. The average Bonchev–Trinajstić information content (AvgIpc) is 2.52. The summed E-state index contributed by atoms with van der Waals surface area (Å²) in [6, 6.07) is 15.9. The second kappa shape index (κ2) is 6.93. The molecule has 3 nitrogen and oxygen atoms in total. The monoisotopic (exact) mass is 282 g/mol. The van der Waals surface area contributed by atoms with Crippen LogP contribution in [-0.4, -0.2) is 13.0 Å². The highest BCUT2D eigenvalue weighted by Gasteiger charge is 2.09. The number of nitrogens with one attached hydrogen (secondary N) is 2. The predicted molar refractivity (Wildman–Crippen MR) is 87.7 cm³/mol. The molecule has 110 valence electrons. The quantitative estimate of drug-likeness (QED) is 0.876. The van der Waals surface area contributed by atoms with Crippen LogP contribution in [0, 0.1) is 0 Å². The molecule has 2 rings (SSSR count). The topological polar surface area (TPSA) is 41.1 Å². The van der Waals surface area contributed by atoms with E-state index in [1.54, 1.807) is 0 Å². The summed E-state index contributed by atoms with van der Waals surface area (Å²) in [6.45, 7) is 4.88. The summed E-state index contributed by atoms with van der Waals surface area (Å²) >= 11 is 0. The SMILES string of the molecule is CNc1ccccc1C(=O)NCc1ccc(C(C)C)cc1. The summed E-state index contributed by atoms with van der Waals surface area (Å²) in [7, 11) is 1.82. The molecule has 2 N–H and O–H groups in total. The van der Waals surface area contributed by atoms with Gasteiger partial charge in [0.05, 0.1) is 5.56 Å². The maximum absolute atomic E-state index is 12.2. The molecule has 0 saturated carbocycles. The summed E-state index contributed by atoms with van der Waals surface area (Å²) in [5, 5.41) is 5.99. The van der Waals surface area contributed by atoms with Gasteiger partial charge < -0.3 is 10.6 Å². The zero-order chi connectivity index (χ0) is 15.2. The van der Waals surface area contributed by atoms with Crippen molar-refractivity contribution in [2.45, 2.75) is 26.3 Å². The van der Waals surface area contributed by atoms with E-state index < -0.39 is 0 Å². The Bertz CT molecular complexity index is 603. The van der Waals surface area contributed by atoms with Gasteiger partial charge in [-0.3, -0.25) is 4.79 Å². The third kappa shape index (κ3) is 3.85. The summed E-state index contributed by atoms with van der Waals surface area (Å²) in [5.74, 6) is 0.462. The van der Waals surface area contributed by atoms with Crippen molar-refractivity contribution >= 4 is 11.6 Å². The summed E-state index contributed by atoms with van der Waals surface area (Å²) in [5.41, 5.74) is 3.92. The number of hydrogen-bond donors (Lipinski definition) is 2. The van der Waals surface area contributed by atoms with Gasteiger partial charge in [0.2, 0.25) is 0 Å². The van der Waals surface area contributed by atoms with Crippen LogP contribution >= 0.6 is 0 Å². The molecule has 0 unspecified atom stereocenters. The van der Waals surface area contributed by atoms with Gasteiger partial charge in [-0.15, -0.1) is 0 Å². The van der Waals surface area contributed by atoms with Gasteiger partial charge >= 0.3 is 0 Å². The smallest absolute Gasteiger partial charge is 0.253 e. The van der Waals surface area contributed by atoms with Crippen LogP contribution in [-0.2, 0) is 6.54 Å². The van der Waals surface area contributed by atoms with Gasteiger partial charge in [0, 0.05) is 19.3 Å². The van der Waals surface area contributed by atoms with Crippen molar-refractivity contribution in [2.75, 3.05) is 12.4 Å². The molecule has 3 heteroatoms. The van der Waals surface area contributed by atoms with Crippen LogP contribution < -0.4 is 10.6 Å². The van der Waals surface area contributed by atoms with Crippen LogP contribution in [0.3, 0.4) is 0 Å². The number of anilines is 1. The molecule has 0 atom stereocenters. The van der Waals surface area contributed by atoms with E-state index in [4.69, 9.17) is 0 Å². The van der Waals surface area contributed by atoms with Crippen molar-refractivity contribution in [1.29, 1.82) is 0 Å². The average molecular weight is 282 g/mol. The zero-order valence-corrected chi connectivity index (χ0v) is 12.8. The number of rotatable bonds is 5. The minimum atomic E-state index is -0.0621. The Hall–Kier alpha value is -2.29. The molecule has 0 spiro atoms. The van der Waals surface area contributed by atoms with Crippen molar-refractivity contribution < 1.29 is 4.79 Å². The number of benzene rings is 2. The second-order valence-corrected chi connectivity index (χ2v) is 5.37. The first-order valence-electron chi connectivity index (χ1n) is 7.25. The molecule has 1 amide bonds. The number of para-hydroxylation sites is 1. The Kier molecular flexibility index (Phi) is 4.99. The Morgan fingerprint density at radius 3 is 2.33 bits per heavy atom. The van der Waals surface area contributed by atoms with Crippen molar-refractivity contribution in [3.8, 4) is 0 Å².